The van der Waals surface area contributed by atoms with Crippen molar-refractivity contribution in [1.29, 1.82) is 0 Å². The Hall–Kier alpha value is -3.45. The maximum atomic E-state index is 14.1. The Morgan fingerprint density at radius 2 is 2.12 bits per heavy atom. The highest BCUT2D eigenvalue weighted by molar-refractivity contribution is 6.30. The molecule has 1 atom stereocenters. The fraction of sp³-hybridized carbons (Fsp3) is 0.269. The molecule has 0 spiro atoms. The molecule has 1 aromatic heterocycles. The fourth-order valence-electron chi connectivity index (χ4n) is 3.44. The van der Waals surface area contributed by atoms with E-state index in [1.165, 1.54) is 6.07 Å². The summed E-state index contributed by atoms with van der Waals surface area (Å²) in [7, 11) is 1.92. The van der Waals surface area contributed by atoms with Gasteiger partial charge in [-0.1, -0.05) is 44.2 Å². The summed E-state index contributed by atoms with van der Waals surface area (Å²) in [5.74, 6) is -0.489. The average molecular weight is 483 g/mol. The van der Waals surface area contributed by atoms with E-state index >= 15 is 0 Å². The van der Waals surface area contributed by atoms with Gasteiger partial charge in [0.25, 0.3) is 0 Å². The number of hydrogen-bond acceptors (Lipinski definition) is 5. The van der Waals surface area contributed by atoms with Crippen molar-refractivity contribution in [3.05, 3.63) is 95.5 Å². The molecule has 0 fully saturated rings. The van der Waals surface area contributed by atoms with E-state index in [-0.39, 0.29) is 10.9 Å². The van der Waals surface area contributed by atoms with Gasteiger partial charge in [0.05, 0.1) is 28.3 Å². The molecule has 2 rings (SSSR count). The first kappa shape index (κ1) is 26.8. The minimum Gasteiger partial charge on any atom is -0.368 e. The molecular weight excluding hydrogens is 451 g/mol. The summed E-state index contributed by atoms with van der Waals surface area (Å²) < 4.78 is 16.0. The second-order valence-electron chi connectivity index (χ2n) is 7.37. The number of allylic oxidation sites excluding steroid dienone is 4. The van der Waals surface area contributed by atoms with Crippen molar-refractivity contribution >= 4 is 29.7 Å². The third-order valence-corrected chi connectivity index (χ3v) is 5.52. The Balaban J connectivity index is 2.44. The minimum atomic E-state index is -0.437. The summed E-state index contributed by atoms with van der Waals surface area (Å²) in [5, 5.41) is 10.7. The maximum absolute atomic E-state index is 14.1. The van der Waals surface area contributed by atoms with Gasteiger partial charge in [-0.3, -0.25) is 14.7 Å². The lowest BCUT2D eigenvalue weighted by Crippen LogP contribution is -2.08. The first-order valence-electron chi connectivity index (χ1n) is 11.1. The molecule has 6 nitrogen and oxygen atoms in total. The van der Waals surface area contributed by atoms with Crippen LogP contribution in [-0.4, -0.2) is 28.9 Å². The normalized spacial score (nSPS) is 13.4. The largest absolute Gasteiger partial charge is 0.368 e. The predicted octanol–water partition coefficient (Wildman–Crippen LogP) is 6.17. The zero-order valence-corrected chi connectivity index (χ0v) is 20.7. The van der Waals surface area contributed by atoms with Crippen molar-refractivity contribution in [2.45, 2.75) is 32.6 Å². The van der Waals surface area contributed by atoms with Crippen LogP contribution >= 0.6 is 11.6 Å². The highest BCUT2D eigenvalue weighted by Gasteiger charge is 2.12. The van der Waals surface area contributed by atoms with Crippen molar-refractivity contribution in [2.75, 3.05) is 12.0 Å². The molecule has 180 valence electrons. The van der Waals surface area contributed by atoms with E-state index in [9.17, 15) is 4.39 Å². The molecule has 2 N–H and O–H groups in total. The van der Waals surface area contributed by atoms with Gasteiger partial charge in [-0.25, -0.2) is 4.39 Å². The van der Waals surface area contributed by atoms with Crippen molar-refractivity contribution in [3.8, 4) is 0 Å². The van der Waals surface area contributed by atoms with Crippen LogP contribution < -0.4 is 10.6 Å². The lowest BCUT2D eigenvalue weighted by Gasteiger charge is -2.14. The number of nitrogens with zero attached hydrogens (tertiary/aromatic N) is 4. The number of aryl methyl sites for hydroxylation is 1. The molecule has 1 heterocycles. The molecule has 0 saturated carbocycles. The number of anilines is 1. The van der Waals surface area contributed by atoms with Crippen molar-refractivity contribution in [2.24, 2.45) is 17.0 Å². The van der Waals surface area contributed by atoms with Crippen LogP contribution in [0.1, 0.15) is 37.4 Å². The highest BCUT2D eigenvalue weighted by Crippen LogP contribution is 2.27. The van der Waals surface area contributed by atoms with Crippen LogP contribution in [0.25, 0.3) is 0 Å². The van der Waals surface area contributed by atoms with Gasteiger partial charge in [0, 0.05) is 25.4 Å². The molecule has 0 aliphatic heterocycles. The van der Waals surface area contributed by atoms with Crippen molar-refractivity contribution < 1.29 is 4.39 Å². The number of hydrogen-bond donors (Lipinski definition) is 2. The van der Waals surface area contributed by atoms with Gasteiger partial charge in [0.15, 0.2) is 0 Å². The van der Waals surface area contributed by atoms with Crippen LogP contribution in [0.15, 0.2) is 83.4 Å². The molecule has 2 aromatic rings. The highest BCUT2D eigenvalue weighted by atomic mass is 35.5. The zero-order valence-electron chi connectivity index (χ0n) is 19.9. The molecule has 1 aromatic carbocycles. The smallest absolute Gasteiger partial charge is 0.142 e. The average Bonchev–Trinajstić information content (AvgIpc) is 3.19. The third-order valence-electron chi connectivity index (χ3n) is 5.22. The topological polar surface area (TPSA) is 66.6 Å². The Morgan fingerprint density at radius 3 is 2.76 bits per heavy atom. The van der Waals surface area contributed by atoms with E-state index in [4.69, 9.17) is 16.6 Å². The summed E-state index contributed by atoms with van der Waals surface area (Å²) in [6, 6.07) is 4.90. The molecule has 0 bridgehead atoms. The minimum absolute atomic E-state index is 0.0524. The quantitative estimate of drug-likeness (QED) is 0.265. The van der Waals surface area contributed by atoms with Gasteiger partial charge < -0.3 is 10.6 Å². The van der Waals surface area contributed by atoms with Gasteiger partial charge in [-0.15, -0.1) is 0 Å². The summed E-state index contributed by atoms with van der Waals surface area (Å²) in [6.07, 6.45) is 14.1. The molecule has 0 aliphatic rings. The van der Waals surface area contributed by atoms with Crippen molar-refractivity contribution in [3.63, 3.8) is 0 Å². The number of aromatic nitrogens is 2. The lowest BCUT2D eigenvalue weighted by molar-refractivity contribution is 0.623. The first-order valence-corrected chi connectivity index (χ1v) is 11.4. The van der Waals surface area contributed by atoms with Crippen molar-refractivity contribution in [1.82, 2.24) is 15.1 Å². The fourth-order valence-corrected chi connectivity index (χ4v) is 3.56. The summed E-state index contributed by atoms with van der Waals surface area (Å²) in [5.41, 5.74) is 4.40. The molecular formula is C26H32ClFN6. The van der Waals surface area contributed by atoms with Crippen LogP contribution in [0.5, 0.6) is 0 Å². The van der Waals surface area contributed by atoms with E-state index in [0.717, 1.165) is 35.4 Å². The molecule has 34 heavy (non-hydrogen) atoms. The van der Waals surface area contributed by atoms with E-state index in [1.807, 2.05) is 30.8 Å². The Kier molecular flexibility index (Phi) is 11.0. The standard InChI is InChI=1S/C26H32ClFN6/c1-6-19(20-9-10-22(27)23(28)16-20)15-21(11-14-30-8-3)24(12-13-29-4)31-18-32-25-17-33-34(5)26(25)7-2/h8-17,19,30,32H,3-4,6-7,18H2,1-2,5H3/b13-12-,14-11-,21-15+,31-24?. The monoisotopic (exact) mass is 482 g/mol. The molecule has 1 unspecified atom stereocenters. The first-order chi connectivity index (χ1) is 16.4. The van der Waals surface area contributed by atoms with E-state index in [0.29, 0.717) is 12.4 Å². The molecule has 0 saturated heterocycles. The number of aliphatic imine (C=N–C) groups is 2. The van der Waals surface area contributed by atoms with Crippen LogP contribution in [0.3, 0.4) is 0 Å². The summed E-state index contributed by atoms with van der Waals surface area (Å²) >= 11 is 5.88. The summed E-state index contributed by atoms with van der Waals surface area (Å²) in [6.45, 7) is 11.7. The maximum Gasteiger partial charge on any atom is 0.142 e. The second-order valence-corrected chi connectivity index (χ2v) is 7.78. The lowest BCUT2D eigenvalue weighted by atomic mass is 9.92. The van der Waals surface area contributed by atoms with E-state index < -0.39 is 5.82 Å². The molecule has 0 radical (unpaired) electrons. The summed E-state index contributed by atoms with van der Waals surface area (Å²) in [4.78, 5) is 8.60. The second kappa shape index (κ2) is 14.0. The Bertz CT molecular complexity index is 1100. The van der Waals surface area contributed by atoms with Crippen LogP contribution in [0.2, 0.25) is 5.02 Å². The molecule has 0 amide bonds. The Labute approximate surface area is 206 Å². The number of rotatable bonds is 13. The van der Waals surface area contributed by atoms with Gasteiger partial charge in [0.2, 0.25) is 0 Å². The molecule has 0 aliphatic carbocycles. The molecule has 8 heteroatoms. The SMILES string of the molecule is C=CN/C=C\C(=C/C(CC)c1ccc(Cl)c(F)c1)C(/C=C\N=C)=NCNc1cnn(C)c1CC. The van der Waals surface area contributed by atoms with Crippen LogP contribution in [-0.2, 0) is 13.5 Å². The number of benzene rings is 1. The zero-order chi connectivity index (χ0) is 24.9. The van der Waals surface area contributed by atoms with Gasteiger partial charge in [0.1, 0.15) is 12.5 Å². The van der Waals surface area contributed by atoms with E-state index in [1.54, 1.807) is 36.9 Å². The van der Waals surface area contributed by atoms with Crippen LogP contribution in [0.4, 0.5) is 10.1 Å². The van der Waals surface area contributed by atoms with Gasteiger partial charge in [-0.2, -0.15) is 5.10 Å². The predicted molar refractivity (Wildman–Crippen MR) is 142 cm³/mol. The van der Waals surface area contributed by atoms with Gasteiger partial charge in [-0.05, 0) is 61.2 Å². The van der Waals surface area contributed by atoms with E-state index in [2.05, 4.69) is 47.0 Å². The Morgan fingerprint density at radius 1 is 1.32 bits per heavy atom. The van der Waals surface area contributed by atoms with Crippen LogP contribution in [0, 0.1) is 5.82 Å². The van der Waals surface area contributed by atoms with Gasteiger partial charge >= 0.3 is 0 Å². The number of halogens is 2. The number of nitrogens with one attached hydrogen (secondary N) is 2. The third kappa shape index (κ3) is 7.56.